The topological polar surface area (TPSA) is 78.9 Å². The van der Waals surface area contributed by atoms with Crippen molar-refractivity contribution in [1.29, 1.82) is 0 Å². The van der Waals surface area contributed by atoms with Crippen molar-refractivity contribution in [3.63, 3.8) is 0 Å². The number of hydrogen-bond acceptors (Lipinski definition) is 6. The maximum Gasteiger partial charge on any atom is 0.306 e. The van der Waals surface area contributed by atoms with E-state index in [1.54, 1.807) is 0 Å². The fraction of sp³-hybridized carbons (Fsp3) is 0.943. The van der Waals surface area contributed by atoms with Crippen molar-refractivity contribution in [3.8, 4) is 0 Å². The number of hydrogen-bond donors (Lipinski definition) is 0. The first-order chi connectivity index (χ1) is 28.9. The number of carbonyl (C=O) groups excluding carboxylic acids is 3. The van der Waals surface area contributed by atoms with Gasteiger partial charge in [-0.1, -0.05) is 259 Å². The van der Waals surface area contributed by atoms with E-state index in [0.29, 0.717) is 19.3 Å². The van der Waals surface area contributed by atoms with Crippen LogP contribution in [0.15, 0.2) is 0 Å². The average Bonchev–Trinajstić information content (AvgIpc) is 3.22. The van der Waals surface area contributed by atoms with Gasteiger partial charge in [-0.05, 0) is 25.2 Å². The predicted molar refractivity (Wildman–Crippen MR) is 252 cm³/mol. The third-order valence-corrected chi connectivity index (χ3v) is 12.0. The molecule has 350 valence electrons. The van der Waals surface area contributed by atoms with Crippen molar-refractivity contribution in [1.82, 2.24) is 0 Å². The summed E-state index contributed by atoms with van der Waals surface area (Å²) in [6, 6.07) is 0. The monoisotopic (exact) mass is 835 g/mol. The first kappa shape index (κ1) is 57.4. The van der Waals surface area contributed by atoms with Gasteiger partial charge in [-0.3, -0.25) is 14.4 Å². The van der Waals surface area contributed by atoms with Crippen LogP contribution in [0.25, 0.3) is 0 Å². The molecule has 0 amide bonds. The standard InChI is InChI=1S/C53H102O6/c1-5-7-9-11-13-15-17-18-19-20-25-28-32-36-40-44-51(54)57-47-50(59-53(56)46-42-38-34-30-23-16-14-12-10-8-6-2)48-58-52(55)45-41-37-33-29-26-22-21-24-27-31-35-39-43-49(3)4/h49-50H,5-48H2,1-4H3/t50-/m0/s1. The maximum absolute atomic E-state index is 12.8. The Balaban J connectivity index is 4.28. The van der Waals surface area contributed by atoms with Crippen LogP contribution >= 0.6 is 0 Å². The van der Waals surface area contributed by atoms with Gasteiger partial charge in [0.05, 0.1) is 0 Å². The van der Waals surface area contributed by atoms with Crippen LogP contribution in [-0.4, -0.2) is 37.2 Å². The van der Waals surface area contributed by atoms with Crippen LogP contribution in [-0.2, 0) is 28.6 Å². The Morgan fingerprint density at radius 3 is 0.831 bits per heavy atom. The third kappa shape index (κ3) is 47.3. The predicted octanol–water partition coefficient (Wildman–Crippen LogP) is 17.1. The van der Waals surface area contributed by atoms with E-state index in [9.17, 15) is 14.4 Å². The zero-order chi connectivity index (χ0) is 43.1. The van der Waals surface area contributed by atoms with Crippen LogP contribution in [0.4, 0.5) is 0 Å². The molecule has 0 rings (SSSR count). The zero-order valence-electron chi connectivity index (χ0n) is 40.2. The molecule has 0 saturated carbocycles. The fourth-order valence-corrected chi connectivity index (χ4v) is 8.04. The lowest BCUT2D eigenvalue weighted by molar-refractivity contribution is -0.167. The van der Waals surface area contributed by atoms with E-state index in [0.717, 1.165) is 63.7 Å². The van der Waals surface area contributed by atoms with E-state index < -0.39 is 6.10 Å². The largest absolute Gasteiger partial charge is 0.462 e. The van der Waals surface area contributed by atoms with Gasteiger partial charge in [0.25, 0.3) is 0 Å². The smallest absolute Gasteiger partial charge is 0.306 e. The van der Waals surface area contributed by atoms with Crippen molar-refractivity contribution in [2.45, 2.75) is 303 Å². The molecule has 0 unspecified atom stereocenters. The SMILES string of the molecule is CCCCCCCCCCCCCCCCCC(=O)OC[C@@H](COC(=O)CCCCCCCCCCCCCCC(C)C)OC(=O)CCCCCCCCCCCCC. The summed E-state index contributed by atoms with van der Waals surface area (Å²) in [5.74, 6) is -0.00923. The van der Waals surface area contributed by atoms with E-state index in [4.69, 9.17) is 14.2 Å². The van der Waals surface area contributed by atoms with Crippen LogP contribution in [0.1, 0.15) is 297 Å². The Labute approximate surface area is 368 Å². The van der Waals surface area contributed by atoms with Gasteiger partial charge in [-0.25, -0.2) is 0 Å². The van der Waals surface area contributed by atoms with E-state index in [2.05, 4.69) is 27.7 Å². The summed E-state index contributed by atoms with van der Waals surface area (Å²) < 4.78 is 16.8. The highest BCUT2D eigenvalue weighted by Crippen LogP contribution is 2.17. The number of unbranched alkanes of at least 4 members (excludes halogenated alkanes) is 35. The molecule has 0 N–H and O–H groups in total. The summed E-state index contributed by atoms with van der Waals surface area (Å²) in [5, 5.41) is 0. The first-order valence-electron chi connectivity index (χ1n) is 26.4. The van der Waals surface area contributed by atoms with Crippen LogP contribution in [0.2, 0.25) is 0 Å². The number of rotatable bonds is 48. The second-order valence-electron chi connectivity index (χ2n) is 18.6. The van der Waals surface area contributed by atoms with E-state index in [-0.39, 0.29) is 31.1 Å². The lowest BCUT2D eigenvalue weighted by Gasteiger charge is -2.18. The molecule has 0 aromatic heterocycles. The fourth-order valence-electron chi connectivity index (χ4n) is 8.04. The van der Waals surface area contributed by atoms with Crippen LogP contribution in [0.5, 0.6) is 0 Å². The van der Waals surface area contributed by atoms with E-state index in [1.807, 2.05) is 0 Å². The Morgan fingerprint density at radius 1 is 0.322 bits per heavy atom. The quantitative estimate of drug-likeness (QED) is 0.0345. The highest BCUT2D eigenvalue weighted by atomic mass is 16.6. The molecular weight excluding hydrogens is 733 g/mol. The Kier molecular flexibility index (Phi) is 46.2. The summed E-state index contributed by atoms with van der Waals surface area (Å²) >= 11 is 0. The number of esters is 3. The highest BCUT2D eigenvalue weighted by Gasteiger charge is 2.19. The first-order valence-corrected chi connectivity index (χ1v) is 26.4. The van der Waals surface area contributed by atoms with Gasteiger partial charge in [0.2, 0.25) is 0 Å². The van der Waals surface area contributed by atoms with Gasteiger partial charge >= 0.3 is 17.9 Å². The number of ether oxygens (including phenoxy) is 3. The van der Waals surface area contributed by atoms with E-state index >= 15 is 0 Å². The Hall–Kier alpha value is -1.59. The molecule has 0 bridgehead atoms. The molecule has 0 saturated heterocycles. The Bertz CT molecular complexity index is 887. The molecule has 0 aliphatic carbocycles. The molecule has 0 radical (unpaired) electrons. The second-order valence-corrected chi connectivity index (χ2v) is 18.6. The summed E-state index contributed by atoms with van der Waals surface area (Å²) in [5.41, 5.74) is 0. The summed E-state index contributed by atoms with van der Waals surface area (Å²) in [6.45, 7) is 9.03. The lowest BCUT2D eigenvalue weighted by atomic mass is 10.0. The maximum atomic E-state index is 12.8. The molecule has 0 spiro atoms. The van der Waals surface area contributed by atoms with Gasteiger partial charge < -0.3 is 14.2 Å². The second kappa shape index (κ2) is 47.5. The van der Waals surface area contributed by atoms with Crippen LogP contribution < -0.4 is 0 Å². The van der Waals surface area contributed by atoms with Crippen molar-refractivity contribution in [2.75, 3.05) is 13.2 Å². The highest BCUT2D eigenvalue weighted by molar-refractivity contribution is 5.71. The van der Waals surface area contributed by atoms with Crippen molar-refractivity contribution < 1.29 is 28.6 Å². The minimum Gasteiger partial charge on any atom is -0.462 e. The average molecular weight is 835 g/mol. The molecule has 6 heteroatoms. The normalized spacial score (nSPS) is 11.9. The molecule has 6 nitrogen and oxygen atoms in total. The van der Waals surface area contributed by atoms with Gasteiger partial charge in [0.15, 0.2) is 6.10 Å². The molecule has 0 fully saturated rings. The third-order valence-electron chi connectivity index (χ3n) is 12.0. The molecule has 0 aromatic rings. The number of carbonyl (C=O) groups is 3. The summed E-state index contributed by atoms with van der Waals surface area (Å²) in [6.07, 6.45) is 49.4. The van der Waals surface area contributed by atoms with Crippen LogP contribution in [0.3, 0.4) is 0 Å². The van der Waals surface area contributed by atoms with Crippen molar-refractivity contribution in [3.05, 3.63) is 0 Å². The molecule has 0 aliphatic rings. The lowest BCUT2D eigenvalue weighted by Crippen LogP contribution is -2.30. The summed E-state index contributed by atoms with van der Waals surface area (Å²) in [4.78, 5) is 37.9. The minimum absolute atomic E-state index is 0.0625. The van der Waals surface area contributed by atoms with Gasteiger partial charge in [-0.15, -0.1) is 0 Å². The molecule has 59 heavy (non-hydrogen) atoms. The van der Waals surface area contributed by atoms with Crippen molar-refractivity contribution >= 4 is 17.9 Å². The van der Waals surface area contributed by atoms with E-state index in [1.165, 1.54) is 193 Å². The van der Waals surface area contributed by atoms with Crippen molar-refractivity contribution in [2.24, 2.45) is 5.92 Å². The zero-order valence-corrected chi connectivity index (χ0v) is 40.2. The molecule has 1 atom stereocenters. The van der Waals surface area contributed by atoms with Gasteiger partial charge in [0, 0.05) is 19.3 Å². The summed E-state index contributed by atoms with van der Waals surface area (Å²) in [7, 11) is 0. The molecule has 0 aromatic carbocycles. The molecule has 0 aliphatic heterocycles. The van der Waals surface area contributed by atoms with Crippen LogP contribution in [0, 0.1) is 5.92 Å². The minimum atomic E-state index is -0.760. The Morgan fingerprint density at radius 2 is 0.559 bits per heavy atom. The molecule has 0 heterocycles. The van der Waals surface area contributed by atoms with Gasteiger partial charge in [-0.2, -0.15) is 0 Å². The van der Waals surface area contributed by atoms with Gasteiger partial charge in [0.1, 0.15) is 13.2 Å². The molecular formula is C53H102O6.